The predicted molar refractivity (Wildman–Crippen MR) is 108 cm³/mol. The lowest BCUT2D eigenvalue weighted by Gasteiger charge is -2.11. The summed E-state index contributed by atoms with van der Waals surface area (Å²) in [5.74, 6) is -0.829. The van der Waals surface area contributed by atoms with Crippen LogP contribution in [0.25, 0.3) is 21.8 Å². The number of aromatic amines is 1. The number of H-pyrrole nitrogens is 1. The van der Waals surface area contributed by atoms with Gasteiger partial charge in [0.25, 0.3) is 11.5 Å². The van der Waals surface area contributed by atoms with E-state index < -0.39 is 11.9 Å². The first-order valence-electron chi connectivity index (χ1n) is 8.37. The van der Waals surface area contributed by atoms with Crippen molar-refractivity contribution in [1.82, 2.24) is 14.5 Å². The van der Waals surface area contributed by atoms with E-state index in [1.807, 2.05) is 6.07 Å². The highest BCUT2D eigenvalue weighted by atomic mass is 79.9. The number of fused-ring (bicyclic) bond motifs is 2. The van der Waals surface area contributed by atoms with Gasteiger partial charge in [0.1, 0.15) is 6.04 Å². The molecule has 2 aromatic carbocycles. The smallest absolute Gasteiger partial charge is 0.287 e. The molecule has 4 aromatic rings. The molecule has 0 fully saturated rings. The summed E-state index contributed by atoms with van der Waals surface area (Å²) in [4.78, 5) is 32.1. The molecule has 2 N–H and O–H groups in total. The second kappa shape index (κ2) is 7.01. The van der Waals surface area contributed by atoms with Crippen molar-refractivity contribution in [3.05, 3.63) is 63.6 Å². The molecule has 9 heteroatoms. The van der Waals surface area contributed by atoms with Gasteiger partial charge in [-0.25, -0.2) is 4.98 Å². The highest BCUT2D eigenvalue weighted by Gasteiger charge is 2.18. The van der Waals surface area contributed by atoms with Gasteiger partial charge in [0.05, 0.1) is 22.7 Å². The molecule has 0 radical (unpaired) electrons. The Hall–Kier alpha value is -3.33. The zero-order chi connectivity index (χ0) is 19.8. The van der Waals surface area contributed by atoms with Crippen molar-refractivity contribution >= 4 is 49.3 Å². The van der Waals surface area contributed by atoms with Crippen molar-refractivity contribution in [3.63, 3.8) is 0 Å². The Morgan fingerprint density at radius 2 is 2.04 bits per heavy atom. The Morgan fingerprint density at radius 3 is 2.86 bits per heavy atom. The number of carbonyl (C=O) groups is 1. The van der Waals surface area contributed by atoms with E-state index in [0.29, 0.717) is 21.8 Å². The van der Waals surface area contributed by atoms with E-state index >= 15 is 0 Å². The minimum atomic E-state index is -0.896. The molecule has 8 nitrogen and oxygen atoms in total. The van der Waals surface area contributed by atoms with Crippen molar-refractivity contribution in [2.24, 2.45) is 10.2 Å². The van der Waals surface area contributed by atoms with E-state index in [1.54, 1.807) is 43.3 Å². The van der Waals surface area contributed by atoms with Crippen LogP contribution < -0.4 is 5.56 Å². The first kappa shape index (κ1) is 18.1. The summed E-state index contributed by atoms with van der Waals surface area (Å²) in [6, 6.07) is 11.3. The lowest BCUT2D eigenvalue weighted by molar-refractivity contribution is -0.121. The van der Waals surface area contributed by atoms with Gasteiger partial charge < -0.3 is 10.1 Å². The van der Waals surface area contributed by atoms with Gasteiger partial charge in [0.15, 0.2) is 5.69 Å². The molecule has 28 heavy (non-hydrogen) atoms. The molecule has 0 unspecified atom stereocenters. The number of carbonyl (C=O) groups excluding carboxylic acids is 1. The average Bonchev–Trinajstić information content (AvgIpc) is 3.00. The molecule has 4 rings (SSSR count). The van der Waals surface area contributed by atoms with Crippen molar-refractivity contribution in [3.8, 4) is 5.88 Å². The Labute approximate surface area is 166 Å². The summed E-state index contributed by atoms with van der Waals surface area (Å²) in [5, 5.41) is 18.7. The topological polar surface area (TPSA) is 113 Å². The molecule has 0 aliphatic heterocycles. The summed E-state index contributed by atoms with van der Waals surface area (Å²) in [5.41, 5.74) is 1.03. The summed E-state index contributed by atoms with van der Waals surface area (Å²) in [7, 11) is 0. The number of amides is 1. The van der Waals surface area contributed by atoms with Gasteiger partial charge in [-0.1, -0.05) is 28.1 Å². The highest BCUT2D eigenvalue weighted by Crippen LogP contribution is 2.36. The number of aromatic nitrogens is 3. The summed E-state index contributed by atoms with van der Waals surface area (Å²) in [6.45, 7) is 1.55. The lowest BCUT2D eigenvalue weighted by Crippen LogP contribution is -2.27. The van der Waals surface area contributed by atoms with E-state index in [2.05, 4.69) is 36.1 Å². The van der Waals surface area contributed by atoms with E-state index in [9.17, 15) is 14.7 Å². The van der Waals surface area contributed by atoms with Crippen LogP contribution in [0.15, 0.2) is 68.3 Å². The van der Waals surface area contributed by atoms with Crippen LogP contribution in [0.3, 0.4) is 0 Å². The van der Waals surface area contributed by atoms with E-state index in [0.717, 1.165) is 4.47 Å². The zero-order valence-corrected chi connectivity index (χ0v) is 16.2. The number of para-hydroxylation sites is 1. The molecular formula is C19H14BrN5O3. The number of benzene rings is 2. The number of halogens is 1. The Bertz CT molecular complexity index is 1310. The summed E-state index contributed by atoms with van der Waals surface area (Å²) < 4.78 is 2.01. The van der Waals surface area contributed by atoms with Crippen molar-refractivity contribution in [1.29, 1.82) is 0 Å². The quantitative estimate of drug-likeness (QED) is 0.465. The third kappa shape index (κ3) is 3.09. The molecule has 0 spiro atoms. The van der Waals surface area contributed by atoms with Gasteiger partial charge in [-0.3, -0.25) is 14.2 Å². The number of aromatic hydroxyl groups is 1. The third-order valence-electron chi connectivity index (χ3n) is 4.43. The maximum absolute atomic E-state index is 12.6. The fraction of sp³-hybridized carbons (Fsp3) is 0.105. The Morgan fingerprint density at radius 1 is 1.25 bits per heavy atom. The van der Waals surface area contributed by atoms with Crippen LogP contribution in [0.5, 0.6) is 5.88 Å². The first-order valence-corrected chi connectivity index (χ1v) is 9.16. The second-order valence-electron chi connectivity index (χ2n) is 6.20. The standard InChI is InChI=1S/C19H14BrN5O3/c1-10(25-9-21-14-5-3-2-4-12(14)19(25)28)17(26)24-23-16-13-8-11(20)6-7-15(13)22-18(16)27/h2-10,22,27H,1H3/t10-/m0/s1. The van der Waals surface area contributed by atoms with Crippen molar-refractivity contribution in [2.45, 2.75) is 13.0 Å². The van der Waals surface area contributed by atoms with Crippen LogP contribution in [-0.4, -0.2) is 25.5 Å². The van der Waals surface area contributed by atoms with Gasteiger partial charge in [0, 0.05) is 9.86 Å². The third-order valence-corrected chi connectivity index (χ3v) is 4.92. The van der Waals surface area contributed by atoms with Crippen LogP contribution in [0, 0.1) is 0 Å². The number of nitrogens with zero attached hydrogens (tertiary/aromatic N) is 4. The van der Waals surface area contributed by atoms with E-state index in [1.165, 1.54) is 10.9 Å². The normalized spacial score (nSPS) is 12.8. The maximum atomic E-state index is 12.6. The number of hydrogen-bond donors (Lipinski definition) is 2. The van der Waals surface area contributed by atoms with Gasteiger partial charge in [-0.15, -0.1) is 10.2 Å². The maximum Gasteiger partial charge on any atom is 0.287 e. The fourth-order valence-electron chi connectivity index (χ4n) is 2.90. The van der Waals surface area contributed by atoms with Crippen molar-refractivity contribution in [2.75, 3.05) is 0 Å². The van der Waals surface area contributed by atoms with Crippen LogP contribution in [0.1, 0.15) is 13.0 Å². The Kier molecular flexibility index (Phi) is 4.52. The largest absolute Gasteiger partial charge is 0.493 e. The number of rotatable bonds is 3. The molecular weight excluding hydrogens is 426 g/mol. The lowest BCUT2D eigenvalue weighted by atomic mass is 10.2. The first-order chi connectivity index (χ1) is 13.5. The van der Waals surface area contributed by atoms with Gasteiger partial charge in [-0.2, -0.15) is 0 Å². The molecule has 0 aliphatic rings. The monoisotopic (exact) mass is 439 g/mol. The van der Waals surface area contributed by atoms with Crippen LogP contribution in [0.2, 0.25) is 0 Å². The second-order valence-corrected chi connectivity index (χ2v) is 7.12. The highest BCUT2D eigenvalue weighted by molar-refractivity contribution is 9.10. The van der Waals surface area contributed by atoms with Crippen LogP contribution >= 0.6 is 15.9 Å². The molecule has 2 heterocycles. The number of hydrogen-bond acceptors (Lipinski definition) is 5. The van der Waals surface area contributed by atoms with Gasteiger partial charge in [-0.05, 0) is 37.3 Å². The fourth-order valence-corrected chi connectivity index (χ4v) is 3.26. The molecule has 0 bridgehead atoms. The molecule has 2 aromatic heterocycles. The van der Waals surface area contributed by atoms with Crippen LogP contribution in [0.4, 0.5) is 5.69 Å². The van der Waals surface area contributed by atoms with E-state index in [4.69, 9.17) is 0 Å². The predicted octanol–water partition coefficient (Wildman–Crippen LogP) is 4.22. The molecule has 1 atom stereocenters. The molecule has 0 saturated heterocycles. The molecule has 140 valence electrons. The molecule has 1 amide bonds. The number of nitrogens with one attached hydrogen (secondary N) is 1. The zero-order valence-electron chi connectivity index (χ0n) is 14.6. The SMILES string of the molecule is C[C@@H](C(=O)N=Nc1c(O)[nH]c2ccc(Br)cc12)n1cnc2ccccc2c1=O. The van der Waals surface area contributed by atoms with Crippen LogP contribution in [-0.2, 0) is 4.79 Å². The Balaban J connectivity index is 1.67. The summed E-state index contributed by atoms with van der Waals surface area (Å²) >= 11 is 3.36. The van der Waals surface area contributed by atoms with Gasteiger partial charge in [0.2, 0.25) is 5.88 Å². The van der Waals surface area contributed by atoms with Crippen molar-refractivity contribution < 1.29 is 9.90 Å². The number of azo groups is 1. The minimum absolute atomic E-state index is 0.154. The molecule has 0 aliphatic carbocycles. The van der Waals surface area contributed by atoms with E-state index in [-0.39, 0.29) is 17.1 Å². The average molecular weight is 440 g/mol. The minimum Gasteiger partial charge on any atom is -0.493 e. The molecule has 0 saturated carbocycles. The van der Waals surface area contributed by atoms with Gasteiger partial charge >= 0.3 is 0 Å². The summed E-state index contributed by atoms with van der Waals surface area (Å²) in [6.07, 6.45) is 1.32.